The van der Waals surface area contributed by atoms with Crippen LogP contribution in [0.4, 0.5) is 17.1 Å². The molecule has 0 spiro atoms. The molecule has 0 amide bonds. The molecule has 0 unspecified atom stereocenters. The summed E-state index contributed by atoms with van der Waals surface area (Å²) < 4.78 is 2.70. The average molecular weight is 502 g/mol. The summed E-state index contributed by atoms with van der Waals surface area (Å²) in [7, 11) is 0. The van der Waals surface area contributed by atoms with E-state index in [1.807, 2.05) is 11.3 Å². The highest BCUT2D eigenvalue weighted by atomic mass is 32.1. The van der Waals surface area contributed by atoms with E-state index >= 15 is 0 Å². The lowest BCUT2D eigenvalue weighted by Crippen LogP contribution is -2.09. The van der Waals surface area contributed by atoms with Crippen molar-refractivity contribution in [1.82, 2.24) is 0 Å². The molecular weight excluding hydrogens is 478 g/mol. The van der Waals surface area contributed by atoms with Gasteiger partial charge in [0.2, 0.25) is 0 Å². The molecule has 0 aliphatic heterocycles. The summed E-state index contributed by atoms with van der Waals surface area (Å²) in [5.74, 6) is 0. The zero-order valence-electron chi connectivity index (χ0n) is 20.6. The topological polar surface area (TPSA) is 3.24 Å². The van der Waals surface area contributed by atoms with Crippen molar-refractivity contribution >= 4 is 80.9 Å². The summed E-state index contributed by atoms with van der Waals surface area (Å²) in [4.78, 5) is 2.33. The summed E-state index contributed by atoms with van der Waals surface area (Å²) in [6.45, 7) is 0. The maximum absolute atomic E-state index is 2.33. The lowest BCUT2D eigenvalue weighted by molar-refractivity contribution is 1.29. The number of benzene rings is 7. The van der Waals surface area contributed by atoms with Crippen LogP contribution in [0.2, 0.25) is 0 Å². The molecule has 0 saturated carbocycles. The van der Waals surface area contributed by atoms with Gasteiger partial charge in [-0.1, -0.05) is 91.0 Å². The molecule has 38 heavy (non-hydrogen) atoms. The van der Waals surface area contributed by atoms with Gasteiger partial charge in [-0.05, 0) is 80.8 Å². The first kappa shape index (κ1) is 21.4. The van der Waals surface area contributed by atoms with Crippen molar-refractivity contribution in [3.05, 3.63) is 140 Å². The summed E-state index contributed by atoms with van der Waals surface area (Å²) in [6, 6.07) is 50.6. The third-order valence-electron chi connectivity index (χ3n) is 7.61. The molecule has 8 rings (SSSR count). The molecular formula is C36H23NS. The zero-order valence-corrected chi connectivity index (χ0v) is 21.5. The van der Waals surface area contributed by atoms with Gasteiger partial charge in [0, 0.05) is 37.2 Å². The van der Waals surface area contributed by atoms with Crippen LogP contribution in [-0.2, 0) is 0 Å². The Balaban J connectivity index is 1.40. The predicted octanol–water partition coefficient (Wildman–Crippen LogP) is 11.0. The van der Waals surface area contributed by atoms with Crippen molar-refractivity contribution in [3.8, 4) is 0 Å². The van der Waals surface area contributed by atoms with E-state index in [1.54, 1.807) is 0 Å². The Kier molecular flexibility index (Phi) is 4.76. The molecule has 1 heterocycles. The standard InChI is InChI=1S/C36H23NS/c1-3-9-26(10-4-1)37(27-11-5-2-6-12-27)28-18-20-29-25(23-28)16-15-24-17-19-31-30(35(24)29)21-22-34-36(31)32-13-7-8-14-33(32)38-34/h1-23H. The Morgan fingerprint density at radius 1 is 0.368 bits per heavy atom. The van der Waals surface area contributed by atoms with Crippen LogP contribution in [-0.4, -0.2) is 0 Å². The number of rotatable bonds is 3. The fourth-order valence-corrected chi connectivity index (χ4v) is 7.04. The lowest BCUT2D eigenvalue weighted by Gasteiger charge is -2.26. The van der Waals surface area contributed by atoms with Crippen LogP contribution in [0, 0.1) is 0 Å². The minimum absolute atomic E-state index is 1.15. The van der Waals surface area contributed by atoms with Crippen LogP contribution in [0.25, 0.3) is 52.5 Å². The fraction of sp³-hybridized carbons (Fsp3) is 0. The first-order valence-electron chi connectivity index (χ1n) is 12.9. The molecule has 8 aromatic rings. The van der Waals surface area contributed by atoms with E-state index in [-0.39, 0.29) is 0 Å². The summed E-state index contributed by atoms with van der Waals surface area (Å²) >= 11 is 1.88. The highest BCUT2D eigenvalue weighted by Gasteiger charge is 2.15. The van der Waals surface area contributed by atoms with Crippen molar-refractivity contribution in [2.24, 2.45) is 0 Å². The SMILES string of the molecule is c1ccc(N(c2ccccc2)c2ccc3c(ccc4ccc5c(ccc6sc7ccccc7c65)c43)c2)cc1. The molecule has 0 aliphatic carbocycles. The van der Waals surface area contributed by atoms with Crippen LogP contribution in [0.3, 0.4) is 0 Å². The number of hydrogen-bond donors (Lipinski definition) is 0. The largest absolute Gasteiger partial charge is 0.310 e. The van der Waals surface area contributed by atoms with Crippen molar-refractivity contribution < 1.29 is 0 Å². The van der Waals surface area contributed by atoms with Gasteiger partial charge < -0.3 is 4.90 Å². The van der Waals surface area contributed by atoms with E-state index in [1.165, 1.54) is 52.5 Å². The van der Waals surface area contributed by atoms with Crippen LogP contribution >= 0.6 is 11.3 Å². The minimum atomic E-state index is 1.15. The van der Waals surface area contributed by atoms with Crippen molar-refractivity contribution in [2.75, 3.05) is 4.90 Å². The molecule has 0 aliphatic rings. The molecule has 0 atom stereocenters. The van der Waals surface area contributed by atoms with Crippen LogP contribution in [0.1, 0.15) is 0 Å². The Hall–Kier alpha value is -4.66. The van der Waals surface area contributed by atoms with Crippen molar-refractivity contribution in [1.29, 1.82) is 0 Å². The van der Waals surface area contributed by atoms with Crippen LogP contribution < -0.4 is 4.90 Å². The van der Waals surface area contributed by atoms with E-state index in [0.717, 1.165) is 17.1 Å². The fourth-order valence-electron chi connectivity index (χ4n) is 5.92. The van der Waals surface area contributed by atoms with Crippen LogP contribution in [0.15, 0.2) is 140 Å². The second kappa shape index (κ2) is 8.44. The summed E-state index contributed by atoms with van der Waals surface area (Å²) in [5.41, 5.74) is 3.45. The van der Waals surface area contributed by atoms with Gasteiger partial charge in [-0.15, -0.1) is 11.3 Å². The number of para-hydroxylation sites is 2. The van der Waals surface area contributed by atoms with Crippen molar-refractivity contribution in [3.63, 3.8) is 0 Å². The van der Waals surface area contributed by atoms with Gasteiger partial charge in [0.25, 0.3) is 0 Å². The van der Waals surface area contributed by atoms with E-state index in [9.17, 15) is 0 Å². The highest BCUT2D eigenvalue weighted by molar-refractivity contribution is 7.26. The molecule has 0 bridgehead atoms. The van der Waals surface area contributed by atoms with Gasteiger partial charge in [-0.2, -0.15) is 0 Å². The molecule has 0 saturated heterocycles. The number of thiophene rings is 1. The third kappa shape index (κ3) is 3.24. The normalized spacial score (nSPS) is 11.7. The molecule has 1 aromatic heterocycles. The lowest BCUT2D eigenvalue weighted by atomic mass is 9.94. The maximum Gasteiger partial charge on any atom is 0.0468 e. The first-order valence-corrected chi connectivity index (χ1v) is 13.8. The maximum atomic E-state index is 2.33. The van der Waals surface area contributed by atoms with Gasteiger partial charge in [-0.3, -0.25) is 0 Å². The average Bonchev–Trinajstić information content (AvgIpc) is 3.37. The Morgan fingerprint density at radius 3 is 1.76 bits per heavy atom. The summed E-state index contributed by atoms with van der Waals surface area (Å²) in [6.07, 6.45) is 0. The second-order valence-corrected chi connectivity index (χ2v) is 10.9. The second-order valence-electron chi connectivity index (χ2n) is 9.77. The van der Waals surface area contributed by atoms with E-state index in [2.05, 4.69) is 144 Å². The quantitative estimate of drug-likeness (QED) is 0.218. The Morgan fingerprint density at radius 2 is 0.974 bits per heavy atom. The monoisotopic (exact) mass is 501 g/mol. The van der Waals surface area contributed by atoms with Gasteiger partial charge in [0.1, 0.15) is 0 Å². The zero-order chi connectivity index (χ0) is 25.1. The number of anilines is 3. The summed E-state index contributed by atoms with van der Waals surface area (Å²) in [5, 5.41) is 10.5. The minimum Gasteiger partial charge on any atom is -0.310 e. The molecule has 0 N–H and O–H groups in total. The molecule has 0 radical (unpaired) electrons. The van der Waals surface area contributed by atoms with Gasteiger partial charge in [0.05, 0.1) is 0 Å². The van der Waals surface area contributed by atoms with Crippen LogP contribution in [0.5, 0.6) is 0 Å². The Bertz CT molecular complexity index is 2090. The third-order valence-corrected chi connectivity index (χ3v) is 8.74. The molecule has 1 nitrogen and oxygen atoms in total. The highest BCUT2D eigenvalue weighted by Crippen LogP contribution is 2.43. The predicted molar refractivity (Wildman–Crippen MR) is 167 cm³/mol. The molecule has 7 aromatic carbocycles. The van der Waals surface area contributed by atoms with E-state index in [4.69, 9.17) is 0 Å². The number of nitrogens with zero attached hydrogens (tertiary/aromatic N) is 1. The van der Waals surface area contributed by atoms with Gasteiger partial charge in [-0.25, -0.2) is 0 Å². The van der Waals surface area contributed by atoms with E-state index in [0.29, 0.717) is 0 Å². The van der Waals surface area contributed by atoms with Crippen molar-refractivity contribution in [2.45, 2.75) is 0 Å². The molecule has 2 heteroatoms. The Labute approximate surface area is 224 Å². The van der Waals surface area contributed by atoms with Gasteiger partial charge in [0.15, 0.2) is 0 Å². The first-order chi connectivity index (χ1) is 18.8. The number of fused-ring (bicyclic) bond motifs is 9. The number of hydrogen-bond acceptors (Lipinski definition) is 2. The molecule has 178 valence electrons. The van der Waals surface area contributed by atoms with Gasteiger partial charge >= 0.3 is 0 Å². The molecule has 0 fully saturated rings. The van der Waals surface area contributed by atoms with E-state index < -0.39 is 0 Å². The smallest absolute Gasteiger partial charge is 0.0468 e.